The molecule has 3 N–H and O–H groups in total. The molecule has 0 aromatic carbocycles. The fourth-order valence-corrected chi connectivity index (χ4v) is 1.03. The Morgan fingerprint density at radius 1 is 1.41 bits per heavy atom. The molecule has 22 heavy (non-hydrogen) atoms. The van der Waals surface area contributed by atoms with E-state index in [4.69, 9.17) is 5.73 Å². The molecule has 5 nitrogen and oxygen atoms in total. The van der Waals surface area contributed by atoms with Gasteiger partial charge in [0.1, 0.15) is 0 Å². The number of halogens is 6. The number of aromatic nitrogens is 1. The predicted molar refractivity (Wildman–Crippen MR) is 77.5 cm³/mol. The molecule has 1 aromatic rings. The van der Waals surface area contributed by atoms with E-state index in [2.05, 4.69) is 15.0 Å². The minimum Gasteiger partial charge on any atom is -0.471 e. The number of alkyl halides is 4. The molecule has 0 aliphatic rings. The van der Waals surface area contributed by atoms with Crippen LogP contribution in [0.2, 0.25) is 0 Å². The van der Waals surface area contributed by atoms with Gasteiger partial charge in [0.25, 0.3) is 0 Å². The zero-order chi connectivity index (χ0) is 15.3. The lowest BCUT2D eigenvalue weighted by Crippen LogP contribution is -2.34. The topological polar surface area (TPSA) is 77.2 Å². The number of hydrogen-bond donors (Lipinski definition) is 2. The average molecular weight is 368 g/mol. The molecule has 0 radical (unpaired) electrons. The smallest absolute Gasteiger partial charge is 0.340 e. The first-order valence-corrected chi connectivity index (χ1v) is 5.53. The standard InChI is InChI=1S/C11H13F4N3O2.2ClH/c1-6(16)9(19)18-7-2-3-8(17-4-7)20-5-11(14,15)10(12)13;;/h2-4,6,10H,5,16H2,1H3,(H,18,19);2*1H/t6-;;/m1../s1. The van der Waals surface area contributed by atoms with Crippen molar-refractivity contribution in [1.29, 1.82) is 0 Å². The number of carbonyl (C=O) groups is 1. The van der Waals surface area contributed by atoms with Crippen LogP contribution in [0, 0.1) is 0 Å². The van der Waals surface area contributed by atoms with Crippen LogP contribution in [-0.2, 0) is 4.79 Å². The van der Waals surface area contributed by atoms with Gasteiger partial charge in [0.15, 0.2) is 6.61 Å². The van der Waals surface area contributed by atoms with Crippen molar-refractivity contribution in [2.45, 2.75) is 25.3 Å². The molecule has 0 spiro atoms. The Morgan fingerprint density at radius 2 is 2.00 bits per heavy atom. The molecular weight excluding hydrogens is 353 g/mol. The summed E-state index contributed by atoms with van der Waals surface area (Å²) < 4.78 is 53.4. The molecule has 1 atom stereocenters. The van der Waals surface area contributed by atoms with E-state index in [0.717, 1.165) is 6.20 Å². The third kappa shape index (κ3) is 7.10. The zero-order valence-corrected chi connectivity index (χ0v) is 12.9. The van der Waals surface area contributed by atoms with E-state index in [1.165, 1.54) is 19.1 Å². The van der Waals surface area contributed by atoms with Crippen molar-refractivity contribution in [3.05, 3.63) is 18.3 Å². The number of nitrogens with one attached hydrogen (secondary N) is 1. The van der Waals surface area contributed by atoms with Gasteiger partial charge in [0.05, 0.1) is 17.9 Å². The Kier molecular flexibility index (Phi) is 10.1. The minimum absolute atomic E-state index is 0. The van der Waals surface area contributed by atoms with Gasteiger partial charge >= 0.3 is 12.3 Å². The summed E-state index contributed by atoms with van der Waals surface area (Å²) >= 11 is 0. The van der Waals surface area contributed by atoms with Gasteiger partial charge in [-0.1, -0.05) is 0 Å². The molecule has 1 aromatic heterocycles. The summed E-state index contributed by atoms with van der Waals surface area (Å²) in [4.78, 5) is 14.8. The van der Waals surface area contributed by atoms with Crippen LogP contribution in [0.4, 0.5) is 23.2 Å². The minimum atomic E-state index is -4.25. The van der Waals surface area contributed by atoms with Crippen LogP contribution in [0.25, 0.3) is 0 Å². The number of amides is 1. The van der Waals surface area contributed by atoms with E-state index in [1.54, 1.807) is 0 Å². The Labute approximate surface area is 136 Å². The van der Waals surface area contributed by atoms with Gasteiger partial charge in [0, 0.05) is 6.07 Å². The quantitative estimate of drug-likeness (QED) is 0.757. The summed E-state index contributed by atoms with van der Waals surface area (Å²) in [5.41, 5.74) is 5.60. The normalized spacial score (nSPS) is 12.0. The third-order valence-electron chi connectivity index (χ3n) is 2.15. The molecule has 1 rings (SSSR count). The van der Waals surface area contributed by atoms with Crippen LogP contribution in [0.1, 0.15) is 6.92 Å². The van der Waals surface area contributed by atoms with Crippen molar-refractivity contribution in [2.24, 2.45) is 5.73 Å². The maximum Gasteiger partial charge on any atom is 0.340 e. The van der Waals surface area contributed by atoms with Gasteiger partial charge in [-0.2, -0.15) is 8.78 Å². The van der Waals surface area contributed by atoms with Crippen molar-refractivity contribution in [2.75, 3.05) is 11.9 Å². The van der Waals surface area contributed by atoms with Crippen molar-refractivity contribution in [1.82, 2.24) is 4.98 Å². The molecule has 0 fully saturated rings. The van der Waals surface area contributed by atoms with Crippen LogP contribution in [-0.4, -0.2) is 35.9 Å². The first-order chi connectivity index (χ1) is 9.22. The number of anilines is 1. The van der Waals surface area contributed by atoms with E-state index < -0.39 is 30.9 Å². The van der Waals surface area contributed by atoms with E-state index in [-0.39, 0.29) is 36.4 Å². The molecule has 0 aliphatic carbocycles. The summed E-state index contributed by atoms with van der Waals surface area (Å²) in [6.07, 6.45) is -2.68. The lowest BCUT2D eigenvalue weighted by Gasteiger charge is -2.15. The lowest BCUT2D eigenvalue weighted by atomic mass is 10.3. The Hall–Kier alpha value is -1.32. The summed E-state index contributed by atoms with van der Waals surface area (Å²) in [5, 5.41) is 2.41. The molecule has 1 heterocycles. The Balaban J connectivity index is 0. The second kappa shape index (κ2) is 9.65. The van der Waals surface area contributed by atoms with Crippen molar-refractivity contribution in [3.63, 3.8) is 0 Å². The number of ether oxygens (including phenoxy) is 1. The number of rotatable bonds is 6. The number of hydrogen-bond acceptors (Lipinski definition) is 4. The van der Waals surface area contributed by atoms with Gasteiger partial charge in [-0.25, -0.2) is 13.8 Å². The Morgan fingerprint density at radius 3 is 2.41 bits per heavy atom. The third-order valence-corrected chi connectivity index (χ3v) is 2.15. The van der Waals surface area contributed by atoms with Gasteiger partial charge in [-0.05, 0) is 13.0 Å². The highest BCUT2D eigenvalue weighted by Gasteiger charge is 2.41. The Bertz CT molecular complexity index is 461. The largest absolute Gasteiger partial charge is 0.471 e. The lowest BCUT2D eigenvalue weighted by molar-refractivity contribution is -0.148. The van der Waals surface area contributed by atoms with Crippen molar-refractivity contribution in [3.8, 4) is 5.88 Å². The van der Waals surface area contributed by atoms with Crippen LogP contribution in [0.3, 0.4) is 0 Å². The maximum absolute atomic E-state index is 12.6. The second-order valence-corrected chi connectivity index (χ2v) is 4.01. The highest BCUT2D eigenvalue weighted by molar-refractivity contribution is 5.94. The monoisotopic (exact) mass is 367 g/mol. The number of pyridine rings is 1. The molecule has 128 valence electrons. The van der Waals surface area contributed by atoms with E-state index in [9.17, 15) is 22.4 Å². The van der Waals surface area contributed by atoms with Gasteiger partial charge < -0.3 is 15.8 Å². The molecule has 0 unspecified atom stereocenters. The predicted octanol–water partition coefficient (Wildman–Crippen LogP) is 2.49. The van der Waals surface area contributed by atoms with E-state index in [0.29, 0.717) is 0 Å². The molecule has 1 amide bonds. The molecular formula is C11H15Cl2F4N3O2. The van der Waals surface area contributed by atoms with E-state index in [1.807, 2.05) is 0 Å². The number of nitrogens with two attached hydrogens (primary N) is 1. The summed E-state index contributed by atoms with van der Waals surface area (Å²) in [5.74, 6) is -4.96. The van der Waals surface area contributed by atoms with Gasteiger partial charge in [-0.3, -0.25) is 4.79 Å². The van der Waals surface area contributed by atoms with Crippen LogP contribution >= 0.6 is 24.8 Å². The van der Waals surface area contributed by atoms with Crippen LogP contribution in [0.5, 0.6) is 5.88 Å². The average Bonchev–Trinajstić information content (AvgIpc) is 2.37. The van der Waals surface area contributed by atoms with Gasteiger partial charge in [-0.15, -0.1) is 24.8 Å². The summed E-state index contributed by atoms with van der Waals surface area (Å²) in [7, 11) is 0. The van der Waals surface area contributed by atoms with Crippen LogP contribution in [0.15, 0.2) is 18.3 Å². The molecule has 0 aliphatic heterocycles. The van der Waals surface area contributed by atoms with Gasteiger partial charge in [0.2, 0.25) is 11.8 Å². The second-order valence-electron chi connectivity index (χ2n) is 4.01. The maximum atomic E-state index is 12.6. The summed E-state index contributed by atoms with van der Waals surface area (Å²) in [6.45, 7) is -0.00409. The first kappa shape index (κ1) is 23.0. The van der Waals surface area contributed by atoms with Crippen LogP contribution < -0.4 is 15.8 Å². The fraction of sp³-hybridized carbons (Fsp3) is 0.455. The van der Waals surface area contributed by atoms with E-state index >= 15 is 0 Å². The highest BCUT2D eigenvalue weighted by Crippen LogP contribution is 2.23. The SMILES string of the molecule is C[C@@H](N)C(=O)Nc1ccc(OCC(F)(F)C(F)F)nc1.Cl.Cl. The molecule has 0 bridgehead atoms. The number of nitrogens with zero attached hydrogens (tertiary/aromatic N) is 1. The molecule has 0 saturated carbocycles. The molecule has 11 heteroatoms. The molecule has 0 saturated heterocycles. The highest BCUT2D eigenvalue weighted by atomic mass is 35.5. The first-order valence-electron chi connectivity index (χ1n) is 5.53. The number of carbonyl (C=O) groups excluding carboxylic acids is 1. The fourth-order valence-electron chi connectivity index (χ4n) is 1.03. The van der Waals surface area contributed by atoms with Crippen molar-refractivity contribution < 1.29 is 27.1 Å². The van der Waals surface area contributed by atoms with Crippen molar-refractivity contribution >= 4 is 36.4 Å². The summed E-state index contributed by atoms with van der Waals surface area (Å²) in [6, 6.07) is 1.76. The zero-order valence-electron chi connectivity index (χ0n) is 11.3.